The van der Waals surface area contributed by atoms with E-state index < -0.39 is 10.0 Å². The minimum Gasteiger partial charge on any atom is -0.337 e. The number of rotatable bonds is 5. The standard InChI is InChI=1S/C26H40N4O4S/c1-19(2)30(23-11-14-27(4)15-12-23)26(32)21-9-16-28(17-10-21)35(33,34)24-7-8-25-22(18-24)6-5-13-29(25)20(3)31/h7-8,18-19,21,23H,5-6,9-17H2,1-4H3. The summed E-state index contributed by atoms with van der Waals surface area (Å²) < 4.78 is 28.4. The van der Waals surface area contributed by atoms with Gasteiger partial charge in [-0.1, -0.05) is 0 Å². The second kappa shape index (κ2) is 10.6. The Kier molecular flexibility index (Phi) is 7.88. The number of anilines is 1. The number of amides is 2. The summed E-state index contributed by atoms with van der Waals surface area (Å²) in [7, 11) is -1.53. The molecule has 4 rings (SSSR count). The van der Waals surface area contributed by atoms with Gasteiger partial charge in [0.15, 0.2) is 0 Å². The molecule has 3 aliphatic heterocycles. The number of nitrogens with zero attached hydrogens (tertiary/aromatic N) is 4. The molecule has 0 unspecified atom stereocenters. The molecule has 0 atom stereocenters. The molecule has 0 aromatic heterocycles. The van der Waals surface area contributed by atoms with E-state index >= 15 is 0 Å². The highest BCUT2D eigenvalue weighted by Gasteiger charge is 2.37. The van der Waals surface area contributed by atoms with Gasteiger partial charge in [0.2, 0.25) is 21.8 Å². The van der Waals surface area contributed by atoms with E-state index in [1.165, 1.54) is 4.31 Å². The second-order valence-electron chi connectivity index (χ2n) is 10.6. The number of hydrogen-bond donors (Lipinski definition) is 0. The fourth-order valence-electron chi connectivity index (χ4n) is 5.89. The normalized spacial score (nSPS) is 21.2. The van der Waals surface area contributed by atoms with E-state index in [0.717, 1.165) is 50.0 Å². The summed E-state index contributed by atoms with van der Waals surface area (Å²) in [4.78, 5) is 31.8. The van der Waals surface area contributed by atoms with E-state index in [9.17, 15) is 18.0 Å². The molecule has 0 bridgehead atoms. The van der Waals surface area contributed by atoms with Crippen molar-refractivity contribution in [2.75, 3.05) is 44.7 Å². The van der Waals surface area contributed by atoms with Crippen LogP contribution in [0, 0.1) is 5.92 Å². The molecule has 35 heavy (non-hydrogen) atoms. The van der Waals surface area contributed by atoms with Gasteiger partial charge in [0, 0.05) is 50.2 Å². The minimum atomic E-state index is -3.65. The molecule has 1 aromatic carbocycles. The smallest absolute Gasteiger partial charge is 0.243 e. The van der Waals surface area contributed by atoms with Crippen LogP contribution < -0.4 is 4.90 Å². The zero-order valence-corrected chi connectivity index (χ0v) is 22.4. The zero-order valence-electron chi connectivity index (χ0n) is 21.6. The monoisotopic (exact) mass is 504 g/mol. The third kappa shape index (κ3) is 5.42. The first kappa shape index (κ1) is 26.1. The predicted molar refractivity (Wildman–Crippen MR) is 137 cm³/mol. The molecule has 0 spiro atoms. The van der Waals surface area contributed by atoms with Crippen LogP contribution in [0.15, 0.2) is 23.1 Å². The molecule has 2 fully saturated rings. The molecular weight excluding hydrogens is 464 g/mol. The summed E-state index contributed by atoms with van der Waals surface area (Å²) in [6.45, 7) is 9.09. The Labute approximate surface area is 210 Å². The van der Waals surface area contributed by atoms with E-state index in [1.807, 2.05) is 0 Å². The third-order valence-electron chi connectivity index (χ3n) is 7.88. The first-order valence-corrected chi connectivity index (χ1v) is 14.5. The second-order valence-corrected chi connectivity index (χ2v) is 12.6. The van der Waals surface area contributed by atoms with Crippen molar-refractivity contribution in [1.29, 1.82) is 0 Å². The number of fused-ring (bicyclic) bond motifs is 1. The van der Waals surface area contributed by atoms with E-state index in [-0.39, 0.29) is 34.7 Å². The average Bonchev–Trinajstić information content (AvgIpc) is 2.84. The molecule has 0 N–H and O–H groups in total. The van der Waals surface area contributed by atoms with Gasteiger partial charge < -0.3 is 14.7 Å². The Hall–Kier alpha value is -1.97. The first-order valence-electron chi connectivity index (χ1n) is 13.0. The van der Waals surface area contributed by atoms with Crippen LogP contribution in [0.5, 0.6) is 0 Å². The number of aryl methyl sites for hydroxylation is 1. The van der Waals surface area contributed by atoms with Crippen LogP contribution in [0.2, 0.25) is 0 Å². The van der Waals surface area contributed by atoms with Crippen LogP contribution in [0.25, 0.3) is 0 Å². The molecule has 194 valence electrons. The molecule has 0 aliphatic carbocycles. The third-order valence-corrected chi connectivity index (χ3v) is 9.78. The lowest BCUT2D eigenvalue weighted by atomic mass is 9.93. The molecule has 1 aromatic rings. The molecule has 0 saturated carbocycles. The Bertz CT molecular complexity index is 1040. The number of benzene rings is 1. The highest BCUT2D eigenvalue weighted by atomic mass is 32.2. The maximum Gasteiger partial charge on any atom is 0.243 e. The van der Waals surface area contributed by atoms with Crippen molar-refractivity contribution in [1.82, 2.24) is 14.1 Å². The molecule has 3 heterocycles. The lowest BCUT2D eigenvalue weighted by molar-refractivity contribution is -0.142. The van der Waals surface area contributed by atoms with Gasteiger partial charge in [0.25, 0.3) is 0 Å². The number of hydrogen-bond acceptors (Lipinski definition) is 5. The summed E-state index contributed by atoms with van der Waals surface area (Å²) in [5.41, 5.74) is 1.72. The van der Waals surface area contributed by atoms with E-state index in [4.69, 9.17) is 0 Å². The van der Waals surface area contributed by atoms with Crippen molar-refractivity contribution in [3.05, 3.63) is 23.8 Å². The van der Waals surface area contributed by atoms with Crippen LogP contribution in [0.4, 0.5) is 5.69 Å². The van der Waals surface area contributed by atoms with Gasteiger partial charge >= 0.3 is 0 Å². The summed E-state index contributed by atoms with van der Waals surface area (Å²) in [6, 6.07) is 5.53. The molecule has 8 nitrogen and oxygen atoms in total. The van der Waals surface area contributed by atoms with Crippen molar-refractivity contribution >= 4 is 27.5 Å². The van der Waals surface area contributed by atoms with Gasteiger partial charge in [-0.2, -0.15) is 4.31 Å². The number of carbonyl (C=O) groups excluding carboxylic acids is 2. The van der Waals surface area contributed by atoms with Crippen LogP contribution in [0.1, 0.15) is 58.4 Å². The fraction of sp³-hybridized carbons (Fsp3) is 0.692. The molecule has 2 saturated heterocycles. The number of piperidine rings is 2. The van der Waals surface area contributed by atoms with Gasteiger partial charge in [-0.15, -0.1) is 0 Å². The number of sulfonamides is 1. The van der Waals surface area contributed by atoms with Crippen molar-refractivity contribution in [3.8, 4) is 0 Å². The Morgan fingerprint density at radius 3 is 2.26 bits per heavy atom. The predicted octanol–water partition coefficient (Wildman–Crippen LogP) is 2.72. The lowest BCUT2D eigenvalue weighted by Gasteiger charge is -2.42. The summed E-state index contributed by atoms with van der Waals surface area (Å²) in [5, 5.41) is 0. The maximum atomic E-state index is 13.5. The van der Waals surface area contributed by atoms with E-state index in [0.29, 0.717) is 32.5 Å². The van der Waals surface area contributed by atoms with Gasteiger partial charge in [-0.25, -0.2) is 8.42 Å². The van der Waals surface area contributed by atoms with Crippen LogP contribution >= 0.6 is 0 Å². The highest BCUT2D eigenvalue weighted by Crippen LogP contribution is 2.32. The maximum absolute atomic E-state index is 13.5. The van der Waals surface area contributed by atoms with Crippen LogP contribution in [0.3, 0.4) is 0 Å². The molecular formula is C26H40N4O4S. The highest BCUT2D eigenvalue weighted by molar-refractivity contribution is 7.89. The summed E-state index contributed by atoms with van der Waals surface area (Å²) in [5.74, 6) is 0.0323. The van der Waals surface area contributed by atoms with Gasteiger partial charge in [0.05, 0.1) is 4.90 Å². The Balaban J connectivity index is 1.43. The topological polar surface area (TPSA) is 81.2 Å². The fourth-order valence-corrected chi connectivity index (χ4v) is 7.41. The van der Waals surface area contributed by atoms with Crippen molar-refractivity contribution in [2.45, 2.75) is 76.3 Å². The number of likely N-dealkylation sites (tertiary alicyclic amines) is 1. The SMILES string of the molecule is CC(=O)N1CCCc2cc(S(=O)(=O)N3CCC(C(=O)N(C(C)C)C4CCN(C)CC4)CC3)ccc21. The molecule has 3 aliphatic rings. The van der Waals surface area contributed by atoms with Crippen LogP contribution in [-0.2, 0) is 26.0 Å². The summed E-state index contributed by atoms with van der Waals surface area (Å²) >= 11 is 0. The number of carbonyl (C=O) groups is 2. The summed E-state index contributed by atoms with van der Waals surface area (Å²) in [6.07, 6.45) is 4.68. The minimum absolute atomic E-state index is 0.0241. The van der Waals surface area contributed by atoms with Gasteiger partial charge in [0.1, 0.15) is 0 Å². The average molecular weight is 505 g/mol. The van der Waals surface area contributed by atoms with Crippen molar-refractivity contribution in [3.63, 3.8) is 0 Å². The van der Waals surface area contributed by atoms with Crippen molar-refractivity contribution in [2.24, 2.45) is 5.92 Å². The van der Waals surface area contributed by atoms with Crippen LogP contribution in [-0.4, -0.2) is 86.2 Å². The largest absolute Gasteiger partial charge is 0.337 e. The Morgan fingerprint density at radius 2 is 1.66 bits per heavy atom. The first-order chi connectivity index (χ1) is 16.6. The van der Waals surface area contributed by atoms with Crippen molar-refractivity contribution < 1.29 is 18.0 Å². The molecule has 9 heteroatoms. The van der Waals surface area contributed by atoms with Gasteiger partial charge in [-0.3, -0.25) is 9.59 Å². The van der Waals surface area contributed by atoms with E-state index in [2.05, 4.69) is 30.7 Å². The van der Waals surface area contributed by atoms with E-state index in [1.54, 1.807) is 30.0 Å². The quantitative estimate of drug-likeness (QED) is 0.616. The molecule has 0 radical (unpaired) electrons. The van der Waals surface area contributed by atoms with Gasteiger partial charge in [-0.05, 0) is 96.3 Å². The zero-order chi connectivity index (χ0) is 25.3. The lowest BCUT2D eigenvalue weighted by Crippen LogP contribution is -2.53. The Morgan fingerprint density at radius 1 is 1.00 bits per heavy atom. The molecule has 2 amide bonds.